The molecule has 0 radical (unpaired) electrons. The molecule has 1 aliphatic rings. The zero-order valence-electron chi connectivity index (χ0n) is 20.5. The molecule has 1 aliphatic carbocycles. The van der Waals surface area contributed by atoms with Gasteiger partial charge in [-0.15, -0.1) is 0 Å². The van der Waals surface area contributed by atoms with E-state index in [1.165, 1.54) is 23.1 Å². The van der Waals surface area contributed by atoms with Crippen molar-refractivity contribution in [2.75, 3.05) is 17.1 Å². The Morgan fingerprint density at radius 2 is 1.59 bits per heavy atom. The Hall–Kier alpha value is -1.71. The van der Waals surface area contributed by atoms with Crippen molar-refractivity contribution in [2.24, 2.45) is 0 Å². The second-order valence-electron chi connectivity index (χ2n) is 9.17. The van der Waals surface area contributed by atoms with Crippen LogP contribution < -0.4 is 9.62 Å². The van der Waals surface area contributed by atoms with E-state index in [0.717, 1.165) is 42.7 Å². The Bertz CT molecular complexity index is 1230. The molecule has 2 amide bonds. The first-order valence-corrected chi connectivity index (χ1v) is 15.2. The number of halogens is 4. The molecule has 3 rings (SSSR count). The van der Waals surface area contributed by atoms with Crippen LogP contribution in [0, 0.1) is 0 Å². The van der Waals surface area contributed by atoms with E-state index in [1.807, 2.05) is 0 Å². The Morgan fingerprint density at radius 1 is 0.973 bits per heavy atom. The quantitative estimate of drug-likeness (QED) is 0.382. The summed E-state index contributed by atoms with van der Waals surface area (Å²) in [7, 11) is -3.91. The van der Waals surface area contributed by atoms with E-state index >= 15 is 0 Å². The van der Waals surface area contributed by atoms with Gasteiger partial charge in [-0.1, -0.05) is 71.7 Å². The lowest BCUT2D eigenvalue weighted by Gasteiger charge is -2.33. The molecular weight excluding hydrogens is 580 g/mol. The van der Waals surface area contributed by atoms with Crippen LogP contribution in [0.4, 0.5) is 5.69 Å². The van der Waals surface area contributed by atoms with Gasteiger partial charge in [-0.05, 0) is 55.7 Å². The number of benzene rings is 2. The van der Waals surface area contributed by atoms with Gasteiger partial charge >= 0.3 is 0 Å². The summed E-state index contributed by atoms with van der Waals surface area (Å²) in [5.41, 5.74) is 0.700. The summed E-state index contributed by atoms with van der Waals surface area (Å²) in [5.74, 6) is -0.916. The molecular formula is C25H29Cl4N3O4S. The third kappa shape index (κ3) is 8.39. The maximum atomic E-state index is 13.7. The van der Waals surface area contributed by atoms with Gasteiger partial charge in [0.15, 0.2) is 0 Å². The third-order valence-electron chi connectivity index (χ3n) is 6.29. The maximum Gasteiger partial charge on any atom is 0.244 e. The van der Waals surface area contributed by atoms with Crippen molar-refractivity contribution in [3.05, 3.63) is 62.1 Å². The van der Waals surface area contributed by atoms with Crippen molar-refractivity contribution < 1.29 is 18.0 Å². The van der Waals surface area contributed by atoms with E-state index in [9.17, 15) is 18.0 Å². The van der Waals surface area contributed by atoms with Gasteiger partial charge in [-0.2, -0.15) is 0 Å². The molecule has 1 fully saturated rings. The highest BCUT2D eigenvalue weighted by atomic mass is 35.5. The standard InChI is InChI=1S/C25H29Cl4N3O4S/c1-16(25(34)30-21-6-4-3-5-7-21)31(14-17-8-9-18(26)13-23(17)29)24(33)15-32(37(2,35)36)22-11-19(27)10-20(28)12-22/h8-13,16,21H,3-7,14-15H2,1-2H3,(H,30,34). The fourth-order valence-corrected chi connectivity index (χ4v) is 6.10. The van der Waals surface area contributed by atoms with Crippen molar-refractivity contribution in [3.8, 4) is 0 Å². The molecule has 1 atom stereocenters. The summed E-state index contributed by atoms with van der Waals surface area (Å²) in [6.07, 6.45) is 5.95. The van der Waals surface area contributed by atoms with Crippen LogP contribution in [0.15, 0.2) is 36.4 Å². The third-order valence-corrected chi connectivity index (χ3v) is 8.45. The van der Waals surface area contributed by atoms with Crippen LogP contribution in [-0.2, 0) is 26.2 Å². The van der Waals surface area contributed by atoms with Gasteiger partial charge in [0.25, 0.3) is 0 Å². The first-order valence-electron chi connectivity index (χ1n) is 11.8. The van der Waals surface area contributed by atoms with Gasteiger partial charge < -0.3 is 10.2 Å². The molecule has 1 N–H and O–H groups in total. The number of anilines is 1. The first-order chi connectivity index (χ1) is 17.3. The van der Waals surface area contributed by atoms with E-state index in [2.05, 4.69) is 5.32 Å². The average molecular weight is 609 g/mol. The van der Waals surface area contributed by atoms with Gasteiger partial charge in [-0.3, -0.25) is 13.9 Å². The minimum atomic E-state index is -3.91. The monoisotopic (exact) mass is 607 g/mol. The number of carbonyl (C=O) groups excluding carboxylic acids is 2. The Balaban J connectivity index is 1.92. The number of hydrogen-bond acceptors (Lipinski definition) is 4. The van der Waals surface area contributed by atoms with Crippen LogP contribution in [0.25, 0.3) is 0 Å². The number of nitrogens with one attached hydrogen (secondary N) is 1. The van der Waals surface area contributed by atoms with Crippen molar-refractivity contribution in [1.29, 1.82) is 0 Å². The van der Waals surface area contributed by atoms with Gasteiger partial charge in [0.1, 0.15) is 12.6 Å². The number of carbonyl (C=O) groups is 2. The molecule has 0 spiro atoms. The number of sulfonamides is 1. The molecule has 1 unspecified atom stereocenters. The topological polar surface area (TPSA) is 86.8 Å². The van der Waals surface area contributed by atoms with Crippen LogP contribution in [0.5, 0.6) is 0 Å². The summed E-state index contributed by atoms with van der Waals surface area (Å²) < 4.78 is 26.3. The summed E-state index contributed by atoms with van der Waals surface area (Å²) in [6.45, 7) is 1.02. The van der Waals surface area contributed by atoms with E-state index in [-0.39, 0.29) is 34.2 Å². The van der Waals surface area contributed by atoms with Crippen LogP contribution in [0.1, 0.15) is 44.6 Å². The smallest absolute Gasteiger partial charge is 0.244 e. The Labute approximate surface area is 238 Å². The second-order valence-corrected chi connectivity index (χ2v) is 12.8. The van der Waals surface area contributed by atoms with Crippen LogP contribution >= 0.6 is 46.4 Å². The van der Waals surface area contributed by atoms with Crippen LogP contribution in [0.2, 0.25) is 20.1 Å². The molecule has 2 aromatic rings. The van der Waals surface area contributed by atoms with Gasteiger partial charge in [0.2, 0.25) is 21.8 Å². The van der Waals surface area contributed by atoms with Gasteiger partial charge in [0, 0.05) is 32.7 Å². The van der Waals surface area contributed by atoms with Crippen LogP contribution in [-0.4, -0.2) is 50.0 Å². The molecule has 0 saturated heterocycles. The molecule has 0 heterocycles. The number of nitrogens with zero attached hydrogens (tertiary/aromatic N) is 2. The number of hydrogen-bond donors (Lipinski definition) is 1. The minimum Gasteiger partial charge on any atom is -0.352 e. The summed E-state index contributed by atoms with van der Waals surface area (Å²) >= 11 is 24.6. The molecule has 202 valence electrons. The summed E-state index contributed by atoms with van der Waals surface area (Å²) in [4.78, 5) is 28.2. The number of rotatable bonds is 9. The summed E-state index contributed by atoms with van der Waals surface area (Å²) in [5, 5.41) is 4.23. The molecule has 0 bridgehead atoms. The van der Waals surface area contributed by atoms with Gasteiger partial charge in [0.05, 0.1) is 11.9 Å². The fourth-order valence-electron chi connectivity index (χ4n) is 4.28. The lowest BCUT2D eigenvalue weighted by Crippen LogP contribution is -2.53. The highest BCUT2D eigenvalue weighted by molar-refractivity contribution is 7.92. The molecule has 37 heavy (non-hydrogen) atoms. The minimum absolute atomic E-state index is 0.0258. The fraction of sp³-hybridized carbons (Fsp3) is 0.440. The van der Waals surface area contributed by atoms with E-state index < -0.39 is 28.5 Å². The second kappa shape index (κ2) is 12.9. The number of amides is 2. The van der Waals surface area contributed by atoms with E-state index in [1.54, 1.807) is 25.1 Å². The zero-order valence-corrected chi connectivity index (χ0v) is 24.4. The first kappa shape index (κ1) is 29.8. The molecule has 0 aliphatic heterocycles. The normalized spacial score (nSPS) is 15.2. The molecule has 12 heteroatoms. The lowest BCUT2D eigenvalue weighted by atomic mass is 9.95. The SMILES string of the molecule is CC(C(=O)NC1CCCCC1)N(Cc1ccc(Cl)cc1Cl)C(=O)CN(c1cc(Cl)cc(Cl)c1)S(C)(=O)=O. The lowest BCUT2D eigenvalue weighted by molar-refractivity contribution is -0.139. The van der Waals surface area contributed by atoms with E-state index in [4.69, 9.17) is 46.4 Å². The van der Waals surface area contributed by atoms with E-state index in [0.29, 0.717) is 15.6 Å². The molecule has 2 aromatic carbocycles. The molecule has 0 aromatic heterocycles. The van der Waals surface area contributed by atoms with Crippen molar-refractivity contribution >= 4 is 73.9 Å². The van der Waals surface area contributed by atoms with Crippen molar-refractivity contribution in [2.45, 2.75) is 57.7 Å². The zero-order chi connectivity index (χ0) is 27.3. The van der Waals surface area contributed by atoms with Crippen LogP contribution in [0.3, 0.4) is 0 Å². The Kier molecular flexibility index (Phi) is 10.4. The predicted molar refractivity (Wildman–Crippen MR) is 150 cm³/mol. The summed E-state index contributed by atoms with van der Waals surface area (Å²) in [6, 6.07) is 8.26. The highest BCUT2D eigenvalue weighted by Gasteiger charge is 2.31. The average Bonchev–Trinajstić information content (AvgIpc) is 2.80. The molecule has 1 saturated carbocycles. The Morgan fingerprint density at radius 3 is 2.16 bits per heavy atom. The van der Waals surface area contributed by atoms with Gasteiger partial charge in [-0.25, -0.2) is 8.42 Å². The van der Waals surface area contributed by atoms with Crippen molar-refractivity contribution in [3.63, 3.8) is 0 Å². The van der Waals surface area contributed by atoms with Crippen molar-refractivity contribution in [1.82, 2.24) is 10.2 Å². The maximum absolute atomic E-state index is 13.7. The predicted octanol–water partition coefficient (Wildman–Crippen LogP) is 5.93. The highest BCUT2D eigenvalue weighted by Crippen LogP contribution is 2.28. The molecule has 7 nitrogen and oxygen atoms in total. The largest absolute Gasteiger partial charge is 0.352 e.